The van der Waals surface area contributed by atoms with Crippen LogP contribution in [-0.4, -0.2) is 38.8 Å². The maximum Gasteiger partial charge on any atom is 0.154 e. The summed E-state index contributed by atoms with van der Waals surface area (Å²) in [5.74, 6) is 0.417. The maximum absolute atomic E-state index is 11.1. The van der Waals surface area contributed by atoms with Gasteiger partial charge in [0.25, 0.3) is 0 Å². The van der Waals surface area contributed by atoms with E-state index in [9.17, 15) is 8.42 Å². The minimum Gasteiger partial charge on any atom is -0.358 e. The van der Waals surface area contributed by atoms with Crippen molar-refractivity contribution in [2.75, 3.05) is 24.7 Å². The Bertz CT molecular complexity index is 253. The average molecular weight is 177 g/mol. The van der Waals surface area contributed by atoms with Crippen LogP contribution in [0.15, 0.2) is 0 Å². The van der Waals surface area contributed by atoms with Crippen LogP contribution in [0.4, 0.5) is 0 Å². The lowest BCUT2D eigenvalue weighted by Gasteiger charge is -2.19. The topological polar surface area (TPSA) is 55.4 Å². The van der Waals surface area contributed by atoms with E-state index in [0.29, 0.717) is 13.0 Å². The zero-order valence-electron chi connectivity index (χ0n) is 6.17. The summed E-state index contributed by atoms with van der Waals surface area (Å²) in [5, 5.41) is 3.09. The van der Waals surface area contributed by atoms with Crippen LogP contribution in [0.5, 0.6) is 0 Å². The molecule has 2 heterocycles. The highest BCUT2D eigenvalue weighted by atomic mass is 32.2. The van der Waals surface area contributed by atoms with Gasteiger partial charge in [0.15, 0.2) is 9.84 Å². The molecule has 0 saturated carbocycles. The largest absolute Gasteiger partial charge is 0.358 e. The quantitative estimate of drug-likeness (QED) is 0.522. The molecule has 2 rings (SSSR count). The van der Waals surface area contributed by atoms with Crippen LogP contribution < -0.4 is 5.32 Å². The second-order valence-corrected chi connectivity index (χ2v) is 5.30. The van der Waals surface area contributed by atoms with Crippen molar-refractivity contribution in [2.24, 2.45) is 0 Å². The molecule has 4 nitrogen and oxygen atoms in total. The van der Waals surface area contributed by atoms with Crippen molar-refractivity contribution in [3.05, 3.63) is 0 Å². The number of sulfone groups is 1. The number of ether oxygens (including phenoxy) is 1. The van der Waals surface area contributed by atoms with Crippen molar-refractivity contribution < 1.29 is 13.2 Å². The van der Waals surface area contributed by atoms with E-state index in [1.165, 1.54) is 0 Å². The number of hydrogen-bond donors (Lipinski definition) is 1. The molecule has 1 spiro atoms. The molecule has 1 unspecified atom stereocenters. The van der Waals surface area contributed by atoms with E-state index in [2.05, 4.69) is 5.32 Å². The second-order valence-electron chi connectivity index (χ2n) is 3.11. The van der Waals surface area contributed by atoms with Gasteiger partial charge in [0.1, 0.15) is 5.72 Å². The van der Waals surface area contributed by atoms with Crippen LogP contribution in [-0.2, 0) is 14.6 Å². The highest BCUT2D eigenvalue weighted by Gasteiger charge is 2.45. The van der Waals surface area contributed by atoms with Gasteiger partial charge in [-0.2, -0.15) is 0 Å². The molecule has 0 amide bonds. The Kier molecular flexibility index (Phi) is 1.49. The van der Waals surface area contributed by atoms with E-state index >= 15 is 0 Å². The van der Waals surface area contributed by atoms with E-state index in [0.717, 1.165) is 6.54 Å². The third kappa shape index (κ3) is 1.28. The summed E-state index contributed by atoms with van der Waals surface area (Å²) in [6.07, 6.45) is 0.606. The molecule has 0 aliphatic carbocycles. The van der Waals surface area contributed by atoms with Crippen molar-refractivity contribution in [3.63, 3.8) is 0 Å². The van der Waals surface area contributed by atoms with E-state index < -0.39 is 15.6 Å². The maximum atomic E-state index is 11.1. The smallest absolute Gasteiger partial charge is 0.154 e. The molecule has 2 saturated heterocycles. The summed E-state index contributed by atoms with van der Waals surface area (Å²) < 4.78 is 27.5. The van der Waals surface area contributed by atoms with Gasteiger partial charge < -0.3 is 4.74 Å². The summed E-state index contributed by atoms with van der Waals surface area (Å²) in [7, 11) is -2.83. The first kappa shape index (κ1) is 7.52. The van der Waals surface area contributed by atoms with Crippen molar-refractivity contribution >= 4 is 9.84 Å². The van der Waals surface area contributed by atoms with Crippen LogP contribution in [0.2, 0.25) is 0 Å². The molecule has 2 aliphatic rings. The van der Waals surface area contributed by atoms with Crippen LogP contribution in [0, 0.1) is 0 Å². The molecule has 64 valence electrons. The molecule has 1 atom stereocenters. The molecular weight excluding hydrogens is 166 g/mol. The fourth-order valence-electron chi connectivity index (χ4n) is 1.65. The van der Waals surface area contributed by atoms with Gasteiger partial charge in [-0.05, 0) is 0 Å². The first-order chi connectivity index (χ1) is 5.12. The third-order valence-electron chi connectivity index (χ3n) is 2.20. The van der Waals surface area contributed by atoms with E-state index in [4.69, 9.17) is 4.74 Å². The third-order valence-corrected chi connectivity index (χ3v) is 3.93. The minimum atomic E-state index is -2.83. The van der Waals surface area contributed by atoms with Crippen LogP contribution in [0.25, 0.3) is 0 Å². The minimum absolute atomic E-state index is 0.153. The normalized spacial score (nSPS) is 41.8. The Morgan fingerprint density at radius 1 is 1.45 bits per heavy atom. The van der Waals surface area contributed by atoms with Gasteiger partial charge in [-0.15, -0.1) is 0 Å². The van der Waals surface area contributed by atoms with Crippen molar-refractivity contribution in [1.82, 2.24) is 5.32 Å². The standard InChI is InChI=1S/C6H11NO3S/c8-11(9)4-1-6(5-11)7-2-3-10-6/h7H,1-5H2. The van der Waals surface area contributed by atoms with Gasteiger partial charge in [-0.1, -0.05) is 0 Å². The number of rotatable bonds is 0. The van der Waals surface area contributed by atoms with Gasteiger partial charge >= 0.3 is 0 Å². The zero-order valence-corrected chi connectivity index (χ0v) is 6.99. The molecule has 0 aromatic carbocycles. The SMILES string of the molecule is O=S1(=O)CCC2(C1)NCCO2. The summed E-state index contributed by atoms with van der Waals surface area (Å²) in [5.41, 5.74) is -0.515. The van der Waals surface area contributed by atoms with Gasteiger partial charge in [-0.3, -0.25) is 5.32 Å². The van der Waals surface area contributed by atoms with Crippen molar-refractivity contribution in [3.8, 4) is 0 Å². The number of nitrogens with one attached hydrogen (secondary N) is 1. The predicted octanol–water partition coefficient (Wildman–Crippen LogP) is -0.879. The van der Waals surface area contributed by atoms with Gasteiger partial charge in [0, 0.05) is 13.0 Å². The monoisotopic (exact) mass is 177 g/mol. The molecule has 0 aromatic rings. The lowest BCUT2D eigenvalue weighted by Crippen LogP contribution is -2.42. The van der Waals surface area contributed by atoms with Crippen molar-refractivity contribution in [1.29, 1.82) is 0 Å². The Morgan fingerprint density at radius 2 is 2.27 bits per heavy atom. The number of hydrogen-bond acceptors (Lipinski definition) is 4. The van der Waals surface area contributed by atoms with Crippen LogP contribution in [0.1, 0.15) is 6.42 Å². The summed E-state index contributed by atoms with van der Waals surface area (Å²) in [6, 6.07) is 0. The summed E-state index contributed by atoms with van der Waals surface area (Å²) in [6.45, 7) is 1.41. The van der Waals surface area contributed by atoms with Crippen LogP contribution >= 0.6 is 0 Å². The Morgan fingerprint density at radius 3 is 2.73 bits per heavy atom. The molecular formula is C6H11NO3S. The fourth-order valence-corrected chi connectivity index (χ4v) is 3.47. The van der Waals surface area contributed by atoms with Crippen LogP contribution in [0.3, 0.4) is 0 Å². The van der Waals surface area contributed by atoms with Gasteiger partial charge in [-0.25, -0.2) is 8.42 Å². The molecule has 0 aromatic heterocycles. The van der Waals surface area contributed by atoms with Gasteiger partial charge in [0.2, 0.25) is 0 Å². The molecule has 2 fully saturated rings. The Balaban J connectivity index is 2.20. The first-order valence-corrected chi connectivity index (χ1v) is 5.54. The highest BCUT2D eigenvalue weighted by molar-refractivity contribution is 7.91. The Hall–Kier alpha value is -0.130. The molecule has 0 radical (unpaired) electrons. The molecule has 1 N–H and O–H groups in total. The molecule has 11 heavy (non-hydrogen) atoms. The van der Waals surface area contributed by atoms with Crippen molar-refractivity contribution in [2.45, 2.75) is 12.1 Å². The highest BCUT2D eigenvalue weighted by Crippen LogP contribution is 2.26. The van der Waals surface area contributed by atoms with E-state index in [1.807, 2.05) is 0 Å². The first-order valence-electron chi connectivity index (χ1n) is 3.71. The lowest BCUT2D eigenvalue weighted by molar-refractivity contribution is 0.0132. The predicted molar refractivity (Wildman–Crippen MR) is 40.0 cm³/mol. The van der Waals surface area contributed by atoms with E-state index in [-0.39, 0.29) is 11.5 Å². The summed E-state index contributed by atoms with van der Waals surface area (Å²) >= 11 is 0. The lowest BCUT2D eigenvalue weighted by atomic mass is 10.2. The molecule has 5 heteroatoms. The zero-order chi connectivity index (χ0) is 7.95. The molecule has 0 bridgehead atoms. The average Bonchev–Trinajstić information content (AvgIpc) is 2.43. The molecule has 2 aliphatic heterocycles. The van der Waals surface area contributed by atoms with E-state index in [1.54, 1.807) is 0 Å². The van der Waals surface area contributed by atoms with Gasteiger partial charge in [0.05, 0.1) is 18.1 Å². The second kappa shape index (κ2) is 2.18. The fraction of sp³-hybridized carbons (Fsp3) is 1.00. The summed E-state index contributed by atoms with van der Waals surface area (Å²) in [4.78, 5) is 0. The Labute approximate surface area is 65.8 Å².